The number of carbonyl (C=O) groups excluding carboxylic acids is 1. The summed E-state index contributed by atoms with van der Waals surface area (Å²) in [6, 6.07) is 8.60. The second-order valence-electron chi connectivity index (χ2n) is 7.45. The quantitative estimate of drug-likeness (QED) is 0.798. The summed E-state index contributed by atoms with van der Waals surface area (Å²) in [5.74, 6) is 1.11. The number of piperidine rings is 1. The van der Waals surface area contributed by atoms with Gasteiger partial charge >= 0.3 is 0 Å². The lowest BCUT2D eigenvalue weighted by atomic mass is 10.0. The van der Waals surface area contributed by atoms with Crippen molar-refractivity contribution in [3.63, 3.8) is 0 Å². The van der Waals surface area contributed by atoms with Crippen LogP contribution in [0.15, 0.2) is 39.6 Å². The van der Waals surface area contributed by atoms with Gasteiger partial charge in [-0.1, -0.05) is 24.1 Å². The average molecular weight is 405 g/mol. The van der Waals surface area contributed by atoms with Crippen molar-refractivity contribution in [3.05, 3.63) is 53.0 Å². The van der Waals surface area contributed by atoms with Crippen LogP contribution in [0, 0.1) is 20.8 Å². The fourth-order valence-electron chi connectivity index (χ4n) is 3.73. The SMILES string of the molecule is Cc1ccc(S(=O)(=O)N2CCCCC2CCNC(=O)c2cc(C)oc2C)cc1. The van der Waals surface area contributed by atoms with E-state index < -0.39 is 10.0 Å². The molecular formula is C21H28N2O4S. The molecule has 7 heteroatoms. The van der Waals surface area contributed by atoms with Crippen LogP contribution in [0.3, 0.4) is 0 Å². The molecule has 1 aliphatic rings. The normalized spacial score (nSPS) is 18.2. The number of hydrogen-bond acceptors (Lipinski definition) is 4. The summed E-state index contributed by atoms with van der Waals surface area (Å²) in [4.78, 5) is 12.7. The van der Waals surface area contributed by atoms with Crippen molar-refractivity contribution in [1.29, 1.82) is 0 Å². The predicted octanol–water partition coefficient (Wildman–Crippen LogP) is 3.57. The third-order valence-corrected chi connectivity index (χ3v) is 7.22. The van der Waals surface area contributed by atoms with Gasteiger partial charge in [0.05, 0.1) is 10.5 Å². The number of carbonyl (C=O) groups is 1. The van der Waals surface area contributed by atoms with Crippen LogP contribution in [0.2, 0.25) is 0 Å². The van der Waals surface area contributed by atoms with Gasteiger partial charge in [-0.15, -0.1) is 0 Å². The van der Waals surface area contributed by atoms with Gasteiger partial charge < -0.3 is 9.73 Å². The molecule has 0 radical (unpaired) electrons. The molecule has 3 rings (SSSR count). The molecule has 1 N–H and O–H groups in total. The highest BCUT2D eigenvalue weighted by molar-refractivity contribution is 7.89. The second kappa shape index (κ2) is 8.49. The molecule has 1 aromatic carbocycles. The number of aryl methyl sites for hydroxylation is 3. The zero-order chi connectivity index (χ0) is 20.3. The van der Waals surface area contributed by atoms with Gasteiger partial charge in [-0.2, -0.15) is 4.31 Å². The molecule has 28 heavy (non-hydrogen) atoms. The van der Waals surface area contributed by atoms with Crippen LogP contribution in [0.5, 0.6) is 0 Å². The Labute approximate surface area is 167 Å². The van der Waals surface area contributed by atoms with E-state index in [2.05, 4.69) is 5.32 Å². The zero-order valence-corrected chi connectivity index (χ0v) is 17.5. The number of hydrogen-bond donors (Lipinski definition) is 1. The first-order chi connectivity index (χ1) is 13.3. The van der Waals surface area contributed by atoms with Crippen LogP contribution in [0.25, 0.3) is 0 Å². The fourth-order valence-corrected chi connectivity index (χ4v) is 5.45. The molecule has 2 heterocycles. The molecule has 0 bridgehead atoms. The lowest BCUT2D eigenvalue weighted by Crippen LogP contribution is -2.45. The predicted molar refractivity (Wildman–Crippen MR) is 108 cm³/mol. The van der Waals surface area contributed by atoms with Crippen LogP contribution in [-0.2, 0) is 10.0 Å². The molecule has 1 aromatic heterocycles. The highest BCUT2D eigenvalue weighted by Gasteiger charge is 2.33. The van der Waals surface area contributed by atoms with Crippen molar-refractivity contribution in [2.45, 2.75) is 57.4 Å². The zero-order valence-electron chi connectivity index (χ0n) is 16.7. The molecular weight excluding hydrogens is 376 g/mol. The van der Waals surface area contributed by atoms with Gasteiger partial charge in [0.25, 0.3) is 5.91 Å². The summed E-state index contributed by atoms with van der Waals surface area (Å²) in [7, 11) is -3.53. The van der Waals surface area contributed by atoms with Crippen molar-refractivity contribution >= 4 is 15.9 Å². The molecule has 2 aromatic rings. The van der Waals surface area contributed by atoms with E-state index >= 15 is 0 Å². The van der Waals surface area contributed by atoms with E-state index in [4.69, 9.17) is 4.42 Å². The number of furan rings is 1. The summed E-state index contributed by atoms with van der Waals surface area (Å²) in [5, 5.41) is 2.90. The summed E-state index contributed by atoms with van der Waals surface area (Å²) in [6.07, 6.45) is 3.26. The van der Waals surface area contributed by atoms with E-state index in [-0.39, 0.29) is 11.9 Å². The minimum absolute atomic E-state index is 0.104. The highest BCUT2D eigenvalue weighted by Crippen LogP contribution is 2.27. The Kier molecular flexibility index (Phi) is 6.25. The molecule has 152 valence electrons. The maximum Gasteiger partial charge on any atom is 0.254 e. The molecule has 0 aliphatic carbocycles. The third-order valence-electron chi connectivity index (χ3n) is 5.25. The Morgan fingerprint density at radius 2 is 1.89 bits per heavy atom. The van der Waals surface area contributed by atoms with Gasteiger partial charge in [0.2, 0.25) is 10.0 Å². The minimum atomic E-state index is -3.53. The van der Waals surface area contributed by atoms with Gasteiger partial charge in [0, 0.05) is 19.1 Å². The summed E-state index contributed by atoms with van der Waals surface area (Å²) in [6.45, 7) is 6.45. The largest absolute Gasteiger partial charge is 0.466 e. The summed E-state index contributed by atoms with van der Waals surface area (Å²) < 4.78 is 33.2. The maximum atomic E-state index is 13.1. The molecule has 1 aliphatic heterocycles. The van der Waals surface area contributed by atoms with Crippen molar-refractivity contribution in [1.82, 2.24) is 9.62 Å². The highest BCUT2D eigenvalue weighted by atomic mass is 32.2. The van der Waals surface area contributed by atoms with Crippen LogP contribution < -0.4 is 5.32 Å². The Balaban J connectivity index is 1.65. The van der Waals surface area contributed by atoms with Crippen molar-refractivity contribution < 1.29 is 17.6 Å². The third kappa shape index (κ3) is 4.47. The number of rotatable bonds is 6. The van der Waals surface area contributed by atoms with Gasteiger partial charge in [-0.3, -0.25) is 4.79 Å². The number of nitrogens with zero attached hydrogens (tertiary/aromatic N) is 1. The summed E-state index contributed by atoms with van der Waals surface area (Å²) in [5.41, 5.74) is 1.56. The van der Waals surface area contributed by atoms with Crippen LogP contribution in [0.4, 0.5) is 0 Å². The smallest absolute Gasteiger partial charge is 0.254 e. The fraction of sp³-hybridized carbons (Fsp3) is 0.476. The van der Waals surface area contributed by atoms with Gasteiger partial charge in [0.1, 0.15) is 11.5 Å². The number of amides is 1. The second-order valence-corrected chi connectivity index (χ2v) is 9.34. The monoisotopic (exact) mass is 404 g/mol. The number of sulfonamides is 1. The van der Waals surface area contributed by atoms with E-state index in [9.17, 15) is 13.2 Å². The lowest BCUT2D eigenvalue weighted by Gasteiger charge is -2.34. The standard InChI is InChI=1S/C21H28N2O4S/c1-15-7-9-19(10-8-15)28(25,26)23-13-5-4-6-18(23)11-12-22-21(24)20-14-16(2)27-17(20)3/h7-10,14,18H,4-6,11-13H2,1-3H3,(H,22,24). The number of nitrogens with one attached hydrogen (secondary N) is 1. The first-order valence-electron chi connectivity index (χ1n) is 9.73. The average Bonchev–Trinajstić information content (AvgIpc) is 3.00. The molecule has 1 amide bonds. The van der Waals surface area contributed by atoms with E-state index in [1.807, 2.05) is 19.1 Å². The van der Waals surface area contributed by atoms with Crippen molar-refractivity contribution in [3.8, 4) is 0 Å². The van der Waals surface area contributed by atoms with Crippen molar-refractivity contribution in [2.75, 3.05) is 13.1 Å². The molecule has 1 saturated heterocycles. The Hall–Kier alpha value is -2.12. The molecule has 0 spiro atoms. The van der Waals surface area contributed by atoms with E-state index in [1.165, 1.54) is 0 Å². The van der Waals surface area contributed by atoms with Crippen molar-refractivity contribution in [2.24, 2.45) is 0 Å². The van der Waals surface area contributed by atoms with Crippen LogP contribution >= 0.6 is 0 Å². The molecule has 6 nitrogen and oxygen atoms in total. The van der Waals surface area contributed by atoms with E-state index in [1.54, 1.807) is 36.4 Å². The molecule has 1 unspecified atom stereocenters. The Bertz CT molecular complexity index is 932. The molecule has 1 fully saturated rings. The van der Waals surface area contributed by atoms with E-state index in [0.717, 1.165) is 24.8 Å². The lowest BCUT2D eigenvalue weighted by molar-refractivity contribution is 0.0948. The van der Waals surface area contributed by atoms with Crippen LogP contribution in [0.1, 0.15) is 53.1 Å². The minimum Gasteiger partial charge on any atom is -0.466 e. The Morgan fingerprint density at radius 1 is 1.18 bits per heavy atom. The maximum absolute atomic E-state index is 13.1. The number of benzene rings is 1. The topological polar surface area (TPSA) is 79.6 Å². The van der Waals surface area contributed by atoms with Gasteiger partial charge in [-0.25, -0.2) is 8.42 Å². The molecule has 0 saturated carbocycles. The Morgan fingerprint density at radius 3 is 2.54 bits per heavy atom. The molecule has 1 atom stereocenters. The van der Waals surface area contributed by atoms with Gasteiger partial charge in [-0.05, 0) is 58.2 Å². The first-order valence-corrected chi connectivity index (χ1v) is 11.2. The summed E-state index contributed by atoms with van der Waals surface area (Å²) >= 11 is 0. The first kappa shape index (κ1) is 20.6. The van der Waals surface area contributed by atoms with Gasteiger partial charge in [0.15, 0.2) is 0 Å². The van der Waals surface area contributed by atoms with Crippen LogP contribution in [-0.4, -0.2) is 37.8 Å². The van der Waals surface area contributed by atoms with E-state index in [0.29, 0.717) is 41.5 Å².